The van der Waals surface area contributed by atoms with Crippen LogP contribution in [0.25, 0.3) is 0 Å². The third-order valence-corrected chi connectivity index (χ3v) is 4.84. The number of hydrogen-bond donors (Lipinski definition) is 0. The Balaban J connectivity index is 1.90. The van der Waals surface area contributed by atoms with Crippen molar-refractivity contribution in [2.45, 2.75) is 51.5 Å². The van der Waals surface area contributed by atoms with Gasteiger partial charge in [-0.3, -0.25) is 4.90 Å². The van der Waals surface area contributed by atoms with Gasteiger partial charge in [0.2, 0.25) is 0 Å². The average Bonchev–Trinajstić information content (AvgIpc) is 2.47. The standard InChI is InChI=1S/C17H25N/c1-2-18-13-12-14-8-6-7-11-16(14)17(18)15-9-4-3-5-10-15/h4,8-10,16-17H,2-3,5-7,11-13H2,1H3. The second-order valence-electron chi connectivity index (χ2n) is 5.82. The van der Waals surface area contributed by atoms with Gasteiger partial charge < -0.3 is 0 Å². The number of likely N-dealkylation sites (N-methyl/N-ethyl adjacent to an activating group) is 1. The lowest BCUT2D eigenvalue weighted by atomic mass is 9.74. The van der Waals surface area contributed by atoms with Gasteiger partial charge in [-0.1, -0.05) is 36.8 Å². The van der Waals surface area contributed by atoms with Crippen molar-refractivity contribution in [2.24, 2.45) is 5.92 Å². The number of fused-ring (bicyclic) bond motifs is 1. The van der Waals surface area contributed by atoms with Crippen molar-refractivity contribution in [3.05, 3.63) is 35.5 Å². The molecule has 0 spiro atoms. The van der Waals surface area contributed by atoms with Crippen LogP contribution in [0.3, 0.4) is 0 Å². The number of hydrogen-bond acceptors (Lipinski definition) is 1. The van der Waals surface area contributed by atoms with Crippen LogP contribution in [0.5, 0.6) is 0 Å². The topological polar surface area (TPSA) is 3.24 Å². The predicted octanol–water partition coefficient (Wildman–Crippen LogP) is 4.08. The Morgan fingerprint density at radius 1 is 1.22 bits per heavy atom. The van der Waals surface area contributed by atoms with E-state index in [0.29, 0.717) is 6.04 Å². The third-order valence-electron chi connectivity index (χ3n) is 4.84. The first-order valence-electron chi connectivity index (χ1n) is 7.69. The molecule has 1 heteroatoms. The highest BCUT2D eigenvalue weighted by Crippen LogP contribution is 2.39. The molecule has 0 aromatic carbocycles. The van der Waals surface area contributed by atoms with Crippen molar-refractivity contribution in [3.8, 4) is 0 Å². The molecule has 3 aliphatic rings. The van der Waals surface area contributed by atoms with Crippen molar-refractivity contribution in [1.29, 1.82) is 0 Å². The summed E-state index contributed by atoms with van der Waals surface area (Å²) >= 11 is 0. The molecule has 1 heterocycles. The Bertz CT molecular complexity index is 388. The molecule has 2 atom stereocenters. The van der Waals surface area contributed by atoms with Crippen LogP contribution in [0.15, 0.2) is 35.5 Å². The molecule has 2 aliphatic carbocycles. The minimum absolute atomic E-state index is 0.673. The molecule has 0 N–H and O–H groups in total. The summed E-state index contributed by atoms with van der Waals surface area (Å²) in [4.78, 5) is 2.70. The van der Waals surface area contributed by atoms with Gasteiger partial charge in [-0.25, -0.2) is 0 Å². The lowest BCUT2D eigenvalue weighted by Gasteiger charge is -2.45. The highest BCUT2D eigenvalue weighted by atomic mass is 15.2. The van der Waals surface area contributed by atoms with Crippen LogP contribution in [0, 0.1) is 5.92 Å². The minimum Gasteiger partial charge on any atom is -0.296 e. The number of nitrogens with zero attached hydrogens (tertiary/aromatic N) is 1. The molecular formula is C17H25N. The van der Waals surface area contributed by atoms with E-state index in [-0.39, 0.29) is 0 Å². The molecule has 0 bridgehead atoms. The molecule has 0 aromatic rings. The third kappa shape index (κ3) is 2.21. The van der Waals surface area contributed by atoms with Crippen LogP contribution in [-0.2, 0) is 0 Å². The van der Waals surface area contributed by atoms with Crippen molar-refractivity contribution < 1.29 is 0 Å². The summed E-state index contributed by atoms with van der Waals surface area (Å²) < 4.78 is 0. The molecule has 0 aromatic heterocycles. The molecule has 0 amide bonds. The lowest BCUT2D eigenvalue weighted by molar-refractivity contribution is 0.151. The minimum atomic E-state index is 0.673. The normalized spacial score (nSPS) is 32.7. The molecule has 0 saturated carbocycles. The van der Waals surface area contributed by atoms with Gasteiger partial charge in [0.1, 0.15) is 0 Å². The van der Waals surface area contributed by atoms with Crippen LogP contribution in [-0.4, -0.2) is 24.0 Å². The fraction of sp³-hybridized carbons (Fsp3) is 0.647. The summed E-state index contributed by atoms with van der Waals surface area (Å²) in [5.74, 6) is 0.807. The maximum atomic E-state index is 2.70. The Morgan fingerprint density at radius 3 is 2.94 bits per heavy atom. The molecule has 1 nitrogen and oxygen atoms in total. The monoisotopic (exact) mass is 243 g/mol. The van der Waals surface area contributed by atoms with E-state index in [0.717, 1.165) is 5.92 Å². The van der Waals surface area contributed by atoms with E-state index in [2.05, 4.69) is 36.1 Å². The number of rotatable bonds is 2. The maximum absolute atomic E-state index is 2.70. The van der Waals surface area contributed by atoms with Crippen LogP contribution in [0.1, 0.15) is 45.4 Å². The lowest BCUT2D eigenvalue weighted by Crippen LogP contribution is -2.47. The van der Waals surface area contributed by atoms with E-state index < -0.39 is 0 Å². The van der Waals surface area contributed by atoms with Crippen molar-refractivity contribution in [1.82, 2.24) is 4.90 Å². The van der Waals surface area contributed by atoms with E-state index in [1.54, 1.807) is 11.1 Å². The fourth-order valence-electron chi connectivity index (χ4n) is 3.93. The Morgan fingerprint density at radius 2 is 2.17 bits per heavy atom. The second-order valence-corrected chi connectivity index (χ2v) is 5.82. The molecule has 18 heavy (non-hydrogen) atoms. The summed E-state index contributed by atoms with van der Waals surface area (Å²) in [6, 6.07) is 0.673. The first-order chi connectivity index (χ1) is 8.90. The largest absolute Gasteiger partial charge is 0.296 e. The molecule has 0 radical (unpaired) electrons. The van der Waals surface area contributed by atoms with Gasteiger partial charge in [-0.15, -0.1) is 0 Å². The van der Waals surface area contributed by atoms with Gasteiger partial charge in [0.05, 0.1) is 0 Å². The van der Waals surface area contributed by atoms with E-state index in [1.165, 1.54) is 51.6 Å². The van der Waals surface area contributed by atoms with E-state index >= 15 is 0 Å². The van der Waals surface area contributed by atoms with E-state index in [1.807, 2.05) is 0 Å². The van der Waals surface area contributed by atoms with Crippen LogP contribution >= 0.6 is 0 Å². The SMILES string of the molecule is CCN1CCC2=CCCCC2C1C1=CCCC=C1. The molecule has 98 valence electrons. The number of allylic oxidation sites excluding steroid dienone is 3. The molecule has 1 aliphatic heterocycles. The van der Waals surface area contributed by atoms with Gasteiger partial charge in [-0.2, -0.15) is 0 Å². The molecule has 3 rings (SSSR count). The molecule has 1 fully saturated rings. The summed E-state index contributed by atoms with van der Waals surface area (Å²) in [5, 5.41) is 0. The van der Waals surface area contributed by atoms with Crippen molar-refractivity contribution in [2.75, 3.05) is 13.1 Å². The summed E-state index contributed by atoms with van der Waals surface area (Å²) in [5.41, 5.74) is 3.36. The molecule has 2 unspecified atom stereocenters. The zero-order chi connectivity index (χ0) is 12.4. The quantitative estimate of drug-likeness (QED) is 0.660. The highest BCUT2D eigenvalue weighted by Gasteiger charge is 2.35. The van der Waals surface area contributed by atoms with Crippen molar-refractivity contribution >= 4 is 0 Å². The van der Waals surface area contributed by atoms with Gasteiger partial charge in [0, 0.05) is 12.6 Å². The first kappa shape index (κ1) is 12.2. The molecular weight excluding hydrogens is 218 g/mol. The smallest absolute Gasteiger partial charge is 0.0410 e. The van der Waals surface area contributed by atoms with Crippen molar-refractivity contribution in [3.63, 3.8) is 0 Å². The number of piperidine rings is 1. The first-order valence-corrected chi connectivity index (χ1v) is 7.69. The van der Waals surface area contributed by atoms with E-state index in [9.17, 15) is 0 Å². The van der Waals surface area contributed by atoms with Gasteiger partial charge in [0.25, 0.3) is 0 Å². The van der Waals surface area contributed by atoms with Crippen LogP contribution in [0.4, 0.5) is 0 Å². The van der Waals surface area contributed by atoms with Crippen LogP contribution in [0.2, 0.25) is 0 Å². The van der Waals surface area contributed by atoms with Gasteiger partial charge >= 0.3 is 0 Å². The Hall–Kier alpha value is -0.820. The fourth-order valence-corrected chi connectivity index (χ4v) is 3.93. The zero-order valence-electron chi connectivity index (χ0n) is 11.6. The van der Waals surface area contributed by atoms with Crippen LogP contribution < -0.4 is 0 Å². The van der Waals surface area contributed by atoms with E-state index in [4.69, 9.17) is 0 Å². The van der Waals surface area contributed by atoms with Gasteiger partial charge in [-0.05, 0) is 56.6 Å². The highest BCUT2D eigenvalue weighted by molar-refractivity contribution is 5.33. The summed E-state index contributed by atoms with van der Waals surface area (Å²) in [7, 11) is 0. The second kappa shape index (κ2) is 5.44. The summed E-state index contributed by atoms with van der Waals surface area (Å²) in [6.45, 7) is 4.77. The Kier molecular flexibility index (Phi) is 3.69. The predicted molar refractivity (Wildman–Crippen MR) is 77.5 cm³/mol. The summed E-state index contributed by atoms with van der Waals surface area (Å²) in [6.07, 6.45) is 17.7. The molecule has 1 saturated heterocycles. The van der Waals surface area contributed by atoms with Gasteiger partial charge in [0.15, 0.2) is 0 Å². The Labute approximate surface area is 111 Å². The maximum Gasteiger partial charge on any atom is 0.0410 e. The zero-order valence-corrected chi connectivity index (χ0v) is 11.6. The number of likely N-dealkylation sites (tertiary alicyclic amines) is 1. The average molecular weight is 243 g/mol.